The molecule has 180 valence electrons. The van der Waals surface area contributed by atoms with Gasteiger partial charge >= 0.3 is 6.09 Å². The van der Waals surface area contributed by atoms with Crippen LogP contribution >= 0.6 is 11.3 Å². The number of thiazole rings is 1. The zero-order chi connectivity index (χ0) is 24.7. The Hall–Kier alpha value is -3.50. The Labute approximate surface area is 202 Å². The van der Waals surface area contributed by atoms with Crippen LogP contribution in [0, 0.1) is 0 Å². The van der Waals surface area contributed by atoms with Crippen LogP contribution in [0.2, 0.25) is 0 Å². The van der Waals surface area contributed by atoms with Crippen LogP contribution in [0.5, 0.6) is 0 Å². The number of nitrogens with zero attached hydrogens (tertiary/aromatic N) is 1. The molecule has 3 aromatic rings. The first-order valence-electron chi connectivity index (χ1n) is 10.8. The lowest BCUT2D eigenvalue weighted by molar-refractivity contribution is -0.130. The largest absolute Gasteiger partial charge is 0.444 e. The molecule has 1 unspecified atom stereocenters. The van der Waals surface area contributed by atoms with E-state index in [1.165, 1.54) is 11.3 Å². The molecule has 1 heterocycles. The van der Waals surface area contributed by atoms with Crippen molar-refractivity contribution in [2.75, 3.05) is 0 Å². The van der Waals surface area contributed by atoms with Gasteiger partial charge in [-0.1, -0.05) is 42.5 Å². The van der Waals surface area contributed by atoms with E-state index in [1.54, 1.807) is 31.7 Å². The number of hydrogen-bond acceptors (Lipinski definition) is 7. The number of rotatable bonds is 8. The maximum Gasteiger partial charge on any atom is 0.408 e. The monoisotopic (exact) mass is 483 g/mol. The Balaban J connectivity index is 1.85. The van der Waals surface area contributed by atoms with Crippen LogP contribution in [0.3, 0.4) is 0 Å². The van der Waals surface area contributed by atoms with Gasteiger partial charge in [0.25, 0.3) is 5.91 Å². The number of fused-ring (bicyclic) bond motifs is 1. The predicted molar refractivity (Wildman–Crippen MR) is 131 cm³/mol. The molecule has 3 amide bonds. The van der Waals surface area contributed by atoms with E-state index in [-0.39, 0.29) is 12.8 Å². The minimum absolute atomic E-state index is 0.158. The van der Waals surface area contributed by atoms with Gasteiger partial charge in [0, 0.05) is 18.2 Å². The molecule has 0 fully saturated rings. The van der Waals surface area contributed by atoms with Gasteiger partial charge in [0.1, 0.15) is 17.7 Å². The van der Waals surface area contributed by atoms with E-state index in [2.05, 4.69) is 21.0 Å². The van der Waals surface area contributed by atoms with E-state index in [0.29, 0.717) is 5.69 Å². The molecule has 0 aliphatic carbocycles. The number of nitrogens with one attached hydrogen (secondary N) is 3. The average Bonchev–Trinajstić information content (AvgIpc) is 3.29. The van der Waals surface area contributed by atoms with Crippen LogP contribution in [-0.2, 0) is 27.2 Å². The summed E-state index contributed by atoms with van der Waals surface area (Å²) in [5, 5.41) is 9.13. The van der Waals surface area contributed by atoms with E-state index in [0.717, 1.165) is 16.3 Å². The molecule has 0 aliphatic heterocycles. The molecule has 0 radical (unpaired) electrons. The van der Waals surface area contributed by atoms with Gasteiger partial charge in [-0.2, -0.15) is 0 Å². The van der Waals surface area contributed by atoms with Gasteiger partial charge in [-0.05, 0) is 37.1 Å². The second-order valence-corrected chi connectivity index (χ2v) is 9.51. The number of nitrogens with two attached hydrogens (primary N) is 1. The molecular weight excluding hydrogens is 454 g/mol. The number of benzene rings is 2. The van der Waals surface area contributed by atoms with Crippen LogP contribution in [-0.4, -0.2) is 40.6 Å². The van der Waals surface area contributed by atoms with E-state index in [1.807, 2.05) is 42.5 Å². The third-order valence-corrected chi connectivity index (χ3v) is 5.62. The van der Waals surface area contributed by atoms with Crippen molar-refractivity contribution in [3.63, 3.8) is 0 Å². The van der Waals surface area contributed by atoms with Crippen molar-refractivity contribution in [1.82, 2.24) is 21.0 Å². The van der Waals surface area contributed by atoms with E-state index in [9.17, 15) is 14.4 Å². The molecule has 9 nitrogen and oxygen atoms in total. The first-order chi connectivity index (χ1) is 16.2. The number of carbonyl (C=O) groups excluding carboxylic acids is 3. The summed E-state index contributed by atoms with van der Waals surface area (Å²) in [6, 6.07) is 11.6. The van der Waals surface area contributed by atoms with Crippen LogP contribution < -0.4 is 21.9 Å². The SMILES string of the molecule is CC(C)(C)OC(=O)N[C@@H](Cc1cccc2ccccc12)C(=O)NC(Cc1cscn1)C(=O)NN. The van der Waals surface area contributed by atoms with Crippen molar-refractivity contribution in [1.29, 1.82) is 0 Å². The second-order valence-electron chi connectivity index (χ2n) is 8.79. The van der Waals surface area contributed by atoms with Crippen molar-refractivity contribution in [2.45, 2.75) is 51.3 Å². The third kappa shape index (κ3) is 7.00. The summed E-state index contributed by atoms with van der Waals surface area (Å²) in [6.07, 6.45) is -0.376. The van der Waals surface area contributed by atoms with Gasteiger partial charge in [-0.3, -0.25) is 15.0 Å². The Bertz CT molecular complexity index is 1140. The van der Waals surface area contributed by atoms with Gasteiger partial charge in [0.05, 0.1) is 11.2 Å². The van der Waals surface area contributed by atoms with Crippen molar-refractivity contribution in [3.8, 4) is 0 Å². The van der Waals surface area contributed by atoms with Crippen LogP contribution in [0.15, 0.2) is 53.4 Å². The minimum atomic E-state index is -0.996. The molecule has 0 bridgehead atoms. The van der Waals surface area contributed by atoms with Crippen LogP contribution in [0.4, 0.5) is 4.79 Å². The van der Waals surface area contributed by atoms with Crippen LogP contribution in [0.25, 0.3) is 10.8 Å². The highest BCUT2D eigenvalue weighted by Gasteiger charge is 2.29. The normalized spacial score (nSPS) is 13.1. The molecule has 2 atom stereocenters. The fourth-order valence-corrected chi connectivity index (χ4v) is 4.05. The quantitative estimate of drug-likeness (QED) is 0.221. The van der Waals surface area contributed by atoms with E-state index >= 15 is 0 Å². The number of ether oxygens (including phenoxy) is 1. The van der Waals surface area contributed by atoms with Gasteiger partial charge in [0.15, 0.2) is 0 Å². The van der Waals surface area contributed by atoms with Crippen molar-refractivity contribution < 1.29 is 19.1 Å². The summed E-state index contributed by atoms with van der Waals surface area (Å²) in [4.78, 5) is 42.4. The van der Waals surface area contributed by atoms with Crippen molar-refractivity contribution in [3.05, 3.63) is 64.6 Å². The summed E-state index contributed by atoms with van der Waals surface area (Å²) < 4.78 is 5.36. The van der Waals surface area contributed by atoms with Crippen molar-refractivity contribution in [2.24, 2.45) is 5.84 Å². The highest BCUT2D eigenvalue weighted by molar-refractivity contribution is 7.07. The summed E-state index contributed by atoms with van der Waals surface area (Å²) in [6.45, 7) is 5.21. The Morgan fingerprint density at radius 3 is 2.38 bits per heavy atom. The molecule has 0 spiro atoms. The smallest absolute Gasteiger partial charge is 0.408 e. The Morgan fingerprint density at radius 1 is 1.00 bits per heavy atom. The zero-order valence-electron chi connectivity index (χ0n) is 19.3. The molecule has 2 aromatic carbocycles. The summed E-state index contributed by atoms with van der Waals surface area (Å²) in [7, 11) is 0. The third-order valence-electron chi connectivity index (χ3n) is 4.98. The predicted octanol–water partition coefficient (Wildman–Crippen LogP) is 2.45. The fraction of sp³-hybridized carbons (Fsp3) is 0.333. The Kier molecular flexibility index (Phi) is 8.19. The molecule has 0 aliphatic rings. The Morgan fingerprint density at radius 2 is 1.71 bits per heavy atom. The fourth-order valence-electron chi connectivity index (χ4n) is 3.48. The zero-order valence-corrected chi connectivity index (χ0v) is 20.1. The second kappa shape index (κ2) is 11.1. The molecule has 10 heteroatoms. The molecule has 1 aromatic heterocycles. The lowest BCUT2D eigenvalue weighted by atomic mass is 9.98. The number of carbonyl (C=O) groups is 3. The first-order valence-corrected chi connectivity index (χ1v) is 11.7. The highest BCUT2D eigenvalue weighted by atomic mass is 32.1. The molecular formula is C24H29N5O4S. The van der Waals surface area contributed by atoms with Gasteiger partial charge < -0.3 is 15.4 Å². The first kappa shape index (κ1) is 25.1. The van der Waals surface area contributed by atoms with E-state index < -0.39 is 35.6 Å². The molecule has 34 heavy (non-hydrogen) atoms. The van der Waals surface area contributed by atoms with Gasteiger partial charge in [-0.25, -0.2) is 15.6 Å². The number of alkyl carbamates (subject to hydrolysis) is 1. The number of aromatic nitrogens is 1. The van der Waals surface area contributed by atoms with Crippen molar-refractivity contribution >= 4 is 40.0 Å². The maximum atomic E-state index is 13.3. The summed E-state index contributed by atoms with van der Waals surface area (Å²) >= 11 is 1.38. The molecule has 3 rings (SSSR count). The maximum absolute atomic E-state index is 13.3. The van der Waals surface area contributed by atoms with Crippen LogP contribution in [0.1, 0.15) is 32.0 Å². The lowest BCUT2D eigenvalue weighted by Crippen LogP contribution is -2.56. The average molecular weight is 484 g/mol. The highest BCUT2D eigenvalue weighted by Crippen LogP contribution is 2.20. The lowest BCUT2D eigenvalue weighted by Gasteiger charge is -2.25. The molecule has 0 saturated heterocycles. The summed E-state index contributed by atoms with van der Waals surface area (Å²) in [5.41, 5.74) is 4.49. The number of hydrazine groups is 1. The molecule has 5 N–H and O–H groups in total. The molecule has 0 saturated carbocycles. The van der Waals surface area contributed by atoms with Gasteiger partial charge in [-0.15, -0.1) is 11.3 Å². The minimum Gasteiger partial charge on any atom is -0.444 e. The number of amides is 3. The van der Waals surface area contributed by atoms with E-state index in [4.69, 9.17) is 10.6 Å². The standard InChI is InChI=1S/C24H29N5O4S/c1-24(2,3)33-23(32)28-19(11-16-9-6-8-15-7-4-5-10-18(15)16)21(30)27-20(22(31)29-25)12-17-13-34-14-26-17/h4-10,13-14,19-20H,11-12,25H2,1-3H3,(H,27,30)(H,28,32)(H,29,31)/t19-,20?/m0/s1. The topological polar surface area (TPSA) is 135 Å². The van der Waals surface area contributed by atoms with Gasteiger partial charge in [0.2, 0.25) is 5.91 Å². The number of hydrogen-bond donors (Lipinski definition) is 4. The summed E-state index contributed by atoms with van der Waals surface area (Å²) in [5.74, 6) is 4.22.